The number of rotatable bonds is 6. The summed E-state index contributed by atoms with van der Waals surface area (Å²) in [5.74, 6) is 2.74. The molecule has 0 bridgehead atoms. The normalized spacial score (nSPS) is 14.4. The van der Waals surface area contributed by atoms with Gasteiger partial charge in [0.05, 0.1) is 11.7 Å². The first-order valence-electron chi connectivity index (χ1n) is 11.8. The van der Waals surface area contributed by atoms with Crippen molar-refractivity contribution in [1.29, 1.82) is 0 Å². The first-order valence-corrected chi connectivity index (χ1v) is 11.8. The Balaban J connectivity index is 1.33. The number of guanidine groups is 1. The quantitative estimate of drug-likeness (QED) is 0.217. The molecule has 0 aliphatic carbocycles. The summed E-state index contributed by atoms with van der Waals surface area (Å²) in [5, 5.41) is 15.9. The molecule has 0 unspecified atom stereocenters. The zero-order valence-electron chi connectivity index (χ0n) is 20.1. The molecule has 1 fully saturated rings. The highest BCUT2D eigenvalue weighted by Gasteiger charge is 2.11. The number of nitrogens with zero attached hydrogens (tertiary/aromatic N) is 5. The van der Waals surface area contributed by atoms with Crippen molar-refractivity contribution in [3.8, 4) is 11.5 Å². The lowest BCUT2D eigenvalue weighted by molar-refractivity contribution is 0.353. The van der Waals surface area contributed by atoms with E-state index in [1.54, 1.807) is 12.5 Å². The van der Waals surface area contributed by atoms with Crippen molar-refractivity contribution in [2.45, 2.75) is 6.92 Å². The van der Waals surface area contributed by atoms with Crippen LogP contribution in [0.2, 0.25) is 0 Å². The summed E-state index contributed by atoms with van der Waals surface area (Å²) in [6.45, 7) is 5.45. The van der Waals surface area contributed by atoms with Crippen molar-refractivity contribution in [2.24, 2.45) is 15.9 Å². The van der Waals surface area contributed by atoms with E-state index < -0.39 is 0 Å². The van der Waals surface area contributed by atoms with E-state index in [-0.39, 0.29) is 0 Å². The van der Waals surface area contributed by atoms with Crippen LogP contribution in [-0.4, -0.2) is 53.2 Å². The highest BCUT2D eigenvalue weighted by Crippen LogP contribution is 2.29. The maximum Gasteiger partial charge on any atom is 0.216 e. The molecule has 0 radical (unpaired) electrons. The lowest BCUT2D eigenvalue weighted by Crippen LogP contribution is -2.49. The fourth-order valence-corrected chi connectivity index (χ4v) is 3.96. The second-order valence-electron chi connectivity index (χ2n) is 8.46. The van der Waals surface area contributed by atoms with Gasteiger partial charge in [-0.05, 0) is 60.5 Å². The molecule has 9 heteroatoms. The molecule has 0 spiro atoms. The molecule has 2 heterocycles. The van der Waals surface area contributed by atoms with Gasteiger partial charge >= 0.3 is 0 Å². The van der Waals surface area contributed by atoms with Gasteiger partial charge in [-0.15, -0.1) is 5.10 Å². The van der Waals surface area contributed by atoms with E-state index in [1.165, 1.54) is 0 Å². The van der Waals surface area contributed by atoms with Gasteiger partial charge in [0, 0.05) is 37.3 Å². The highest BCUT2D eigenvalue weighted by atomic mass is 16.5. The minimum Gasteiger partial charge on any atom is -0.457 e. The van der Waals surface area contributed by atoms with Crippen LogP contribution in [0.4, 0.5) is 11.5 Å². The number of hydrogen-bond donors (Lipinski definition) is 3. The molecule has 4 aromatic rings. The Labute approximate surface area is 209 Å². The third-order valence-corrected chi connectivity index (χ3v) is 5.88. The van der Waals surface area contributed by atoms with Crippen LogP contribution in [0.25, 0.3) is 10.9 Å². The summed E-state index contributed by atoms with van der Waals surface area (Å²) >= 11 is 0. The molecule has 1 aliphatic rings. The van der Waals surface area contributed by atoms with E-state index in [9.17, 15) is 0 Å². The van der Waals surface area contributed by atoms with Crippen LogP contribution in [0.3, 0.4) is 0 Å². The Hall–Kier alpha value is -4.50. The van der Waals surface area contributed by atoms with Gasteiger partial charge in [-0.1, -0.05) is 24.3 Å². The maximum atomic E-state index is 6.07. The number of fused-ring (bicyclic) bond motifs is 1. The third kappa shape index (κ3) is 5.59. The molecule has 0 atom stereocenters. The molecule has 4 N–H and O–H groups in total. The van der Waals surface area contributed by atoms with Gasteiger partial charge in [0.1, 0.15) is 23.6 Å². The van der Waals surface area contributed by atoms with E-state index in [0.717, 1.165) is 65.4 Å². The molecule has 3 aromatic carbocycles. The van der Waals surface area contributed by atoms with Crippen molar-refractivity contribution in [1.82, 2.24) is 20.2 Å². The number of para-hydroxylation sites is 1. The Bertz CT molecular complexity index is 1400. The van der Waals surface area contributed by atoms with Crippen molar-refractivity contribution in [3.05, 3.63) is 84.2 Å². The minimum absolute atomic E-state index is 0.425. The van der Waals surface area contributed by atoms with Gasteiger partial charge in [-0.2, -0.15) is 5.10 Å². The summed E-state index contributed by atoms with van der Waals surface area (Å²) in [4.78, 5) is 10.9. The van der Waals surface area contributed by atoms with Crippen LogP contribution in [0.15, 0.2) is 83.3 Å². The summed E-state index contributed by atoms with van der Waals surface area (Å²) < 4.78 is 6.00. The van der Waals surface area contributed by atoms with E-state index in [2.05, 4.69) is 30.8 Å². The smallest absolute Gasteiger partial charge is 0.216 e. The number of aromatic nitrogens is 2. The number of aryl methyl sites for hydroxylation is 1. The second-order valence-corrected chi connectivity index (χ2v) is 8.46. The number of nitrogens with one attached hydrogen (secondary N) is 2. The molecule has 1 saturated heterocycles. The van der Waals surface area contributed by atoms with Gasteiger partial charge in [0.25, 0.3) is 0 Å². The fourth-order valence-electron chi connectivity index (χ4n) is 3.96. The van der Waals surface area contributed by atoms with Gasteiger partial charge in [-0.25, -0.2) is 9.97 Å². The number of benzene rings is 3. The second kappa shape index (κ2) is 10.8. The molecule has 0 saturated carbocycles. The average molecular weight is 481 g/mol. The van der Waals surface area contributed by atoms with Gasteiger partial charge < -0.3 is 26.0 Å². The molecule has 36 heavy (non-hydrogen) atoms. The average Bonchev–Trinajstić information content (AvgIpc) is 2.91. The van der Waals surface area contributed by atoms with Crippen molar-refractivity contribution in [3.63, 3.8) is 0 Å². The highest BCUT2D eigenvalue weighted by molar-refractivity contribution is 5.95. The summed E-state index contributed by atoms with van der Waals surface area (Å²) in [7, 11) is 0. The molecule has 182 valence electrons. The summed E-state index contributed by atoms with van der Waals surface area (Å²) in [5.41, 5.74) is 9.69. The fraction of sp³-hybridized carbons (Fsp3) is 0.185. The minimum atomic E-state index is 0.425. The van der Waals surface area contributed by atoms with Crippen LogP contribution >= 0.6 is 0 Å². The molecular formula is C27H28N8O. The molecule has 5 rings (SSSR count). The molecule has 9 nitrogen and oxygen atoms in total. The van der Waals surface area contributed by atoms with Crippen LogP contribution in [0, 0.1) is 6.92 Å². The summed E-state index contributed by atoms with van der Waals surface area (Å²) in [6, 6.07) is 21.6. The monoisotopic (exact) mass is 480 g/mol. The van der Waals surface area contributed by atoms with E-state index >= 15 is 0 Å². The van der Waals surface area contributed by atoms with E-state index in [4.69, 9.17) is 10.5 Å². The number of piperazine rings is 1. The SMILES string of the molecule is Cc1cc(Nc2ncnc3ccc(/C=N/N=C(\N)N4CCNCC4)cc23)ccc1Oc1ccccc1. The zero-order chi connectivity index (χ0) is 24.7. The Morgan fingerprint density at radius 2 is 1.89 bits per heavy atom. The van der Waals surface area contributed by atoms with E-state index in [0.29, 0.717) is 11.8 Å². The Kier molecular flexibility index (Phi) is 7.00. The largest absolute Gasteiger partial charge is 0.457 e. The third-order valence-electron chi connectivity index (χ3n) is 5.88. The first kappa shape index (κ1) is 23.3. The Morgan fingerprint density at radius 1 is 1.06 bits per heavy atom. The van der Waals surface area contributed by atoms with Crippen LogP contribution < -0.4 is 21.1 Å². The Morgan fingerprint density at radius 3 is 2.69 bits per heavy atom. The number of nitrogens with two attached hydrogens (primary N) is 1. The predicted molar refractivity (Wildman–Crippen MR) is 144 cm³/mol. The standard InChI is InChI=1S/C27H28N8O/c1-19-15-21(8-10-25(19)36-22-5-3-2-4-6-22)33-26-23-16-20(7-9-24(23)30-18-31-26)17-32-34-27(28)35-13-11-29-12-14-35/h2-10,15-18,29H,11-14H2,1H3,(H2,28,34)(H,30,31,33)/b32-17+. The lowest BCUT2D eigenvalue weighted by atomic mass is 10.1. The molecule has 0 amide bonds. The maximum absolute atomic E-state index is 6.07. The molecule has 1 aromatic heterocycles. The van der Waals surface area contributed by atoms with Crippen molar-refractivity contribution < 1.29 is 4.74 Å². The number of anilines is 2. The van der Waals surface area contributed by atoms with Crippen LogP contribution in [-0.2, 0) is 0 Å². The zero-order valence-corrected chi connectivity index (χ0v) is 20.1. The predicted octanol–water partition coefficient (Wildman–Crippen LogP) is 4.03. The van der Waals surface area contributed by atoms with Crippen LogP contribution in [0.1, 0.15) is 11.1 Å². The summed E-state index contributed by atoms with van der Waals surface area (Å²) in [6.07, 6.45) is 3.24. The van der Waals surface area contributed by atoms with Crippen LogP contribution in [0.5, 0.6) is 11.5 Å². The first-order chi connectivity index (χ1) is 17.7. The van der Waals surface area contributed by atoms with Gasteiger partial charge in [0.2, 0.25) is 5.96 Å². The van der Waals surface area contributed by atoms with Gasteiger partial charge in [0.15, 0.2) is 0 Å². The van der Waals surface area contributed by atoms with E-state index in [1.807, 2.05) is 78.6 Å². The van der Waals surface area contributed by atoms with Crippen molar-refractivity contribution in [2.75, 3.05) is 31.5 Å². The lowest BCUT2D eigenvalue weighted by Gasteiger charge is -2.27. The topological polar surface area (TPSA) is 113 Å². The number of hydrogen-bond acceptors (Lipinski definition) is 7. The number of ether oxygens (including phenoxy) is 1. The molecule has 1 aliphatic heterocycles. The van der Waals surface area contributed by atoms with Crippen molar-refractivity contribution >= 4 is 34.6 Å². The van der Waals surface area contributed by atoms with Gasteiger partial charge in [-0.3, -0.25) is 0 Å². The molecular weight excluding hydrogens is 452 g/mol.